The van der Waals surface area contributed by atoms with Crippen LogP contribution in [0.1, 0.15) is 19.4 Å². The molecule has 2 atom stereocenters. The quantitative estimate of drug-likeness (QED) is 0.840. The van der Waals surface area contributed by atoms with Gasteiger partial charge in [-0.2, -0.15) is 0 Å². The summed E-state index contributed by atoms with van der Waals surface area (Å²) < 4.78 is 5.19. The molecule has 0 aromatic heterocycles. The van der Waals surface area contributed by atoms with Crippen molar-refractivity contribution in [3.63, 3.8) is 0 Å². The largest absolute Gasteiger partial charge is 0.445 e. The van der Waals surface area contributed by atoms with Gasteiger partial charge in [-0.15, -0.1) is 11.8 Å². The molecular formula is C16H22N2O3S. The smallest absolute Gasteiger partial charge is 0.408 e. The number of nitrogens with one attached hydrogen (secondary N) is 2. The highest BCUT2D eigenvalue weighted by Crippen LogP contribution is 2.18. The number of amides is 1. The number of thioether (sulfide) groups is 1. The van der Waals surface area contributed by atoms with Crippen molar-refractivity contribution in [1.82, 2.24) is 10.6 Å². The van der Waals surface area contributed by atoms with Crippen LogP contribution in [0.2, 0.25) is 0 Å². The molecule has 0 saturated carbocycles. The van der Waals surface area contributed by atoms with Crippen LogP contribution in [0, 0.1) is 5.92 Å². The van der Waals surface area contributed by atoms with Crippen molar-refractivity contribution in [3.05, 3.63) is 35.9 Å². The first-order valence-corrected chi connectivity index (χ1v) is 8.48. The number of ketones is 1. The molecule has 1 fully saturated rings. The highest BCUT2D eigenvalue weighted by atomic mass is 32.2. The Morgan fingerprint density at radius 3 is 2.68 bits per heavy atom. The van der Waals surface area contributed by atoms with Gasteiger partial charge >= 0.3 is 6.09 Å². The molecule has 1 saturated heterocycles. The Hall–Kier alpha value is -1.53. The van der Waals surface area contributed by atoms with E-state index in [9.17, 15) is 9.59 Å². The minimum absolute atomic E-state index is 0.00848. The van der Waals surface area contributed by atoms with Gasteiger partial charge in [-0.3, -0.25) is 10.1 Å². The molecule has 1 aromatic rings. The summed E-state index contributed by atoms with van der Waals surface area (Å²) in [7, 11) is 0. The summed E-state index contributed by atoms with van der Waals surface area (Å²) in [6, 6.07) is 8.92. The van der Waals surface area contributed by atoms with E-state index >= 15 is 0 Å². The fourth-order valence-corrected chi connectivity index (χ4v) is 3.25. The lowest BCUT2D eigenvalue weighted by molar-refractivity contribution is -0.121. The second-order valence-corrected chi connectivity index (χ2v) is 6.75. The molecule has 1 aliphatic rings. The Balaban J connectivity index is 1.87. The predicted octanol–water partition coefficient (Wildman–Crippen LogP) is 2.17. The fourth-order valence-electron chi connectivity index (χ4n) is 2.23. The average Bonchev–Trinajstić information content (AvgIpc) is 3.05. The van der Waals surface area contributed by atoms with Crippen LogP contribution in [0.4, 0.5) is 4.79 Å². The summed E-state index contributed by atoms with van der Waals surface area (Å²) >= 11 is 1.58. The van der Waals surface area contributed by atoms with Crippen LogP contribution >= 0.6 is 11.8 Å². The molecular weight excluding hydrogens is 300 g/mol. The highest BCUT2D eigenvalue weighted by molar-refractivity contribution is 8.00. The first-order chi connectivity index (χ1) is 10.6. The van der Waals surface area contributed by atoms with Gasteiger partial charge in [0, 0.05) is 12.3 Å². The zero-order valence-electron chi connectivity index (χ0n) is 12.9. The molecule has 0 unspecified atom stereocenters. The number of ether oxygens (including phenoxy) is 1. The van der Waals surface area contributed by atoms with Crippen LogP contribution in [0.5, 0.6) is 0 Å². The number of benzene rings is 1. The van der Waals surface area contributed by atoms with E-state index in [0.29, 0.717) is 0 Å². The van der Waals surface area contributed by atoms with Crippen molar-refractivity contribution in [2.75, 3.05) is 12.3 Å². The standard InChI is InChI=1S/C16H22N2O3S/c1-11(2)13(14(19)15-17-8-9-22-15)18-16(20)21-10-12-6-4-3-5-7-12/h3-7,11,13,15,17H,8-10H2,1-2H3,(H,18,20)/t13-,15+/m0/s1. The van der Waals surface area contributed by atoms with Crippen LogP contribution < -0.4 is 10.6 Å². The Morgan fingerprint density at radius 1 is 1.36 bits per heavy atom. The minimum atomic E-state index is -0.557. The van der Waals surface area contributed by atoms with Crippen LogP contribution in [-0.2, 0) is 16.1 Å². The molecule has 0 bridgehead atoms. The van der Waals surface area contributed by atoms with Gasteiger partial charge in [0.25, 0.3) is 0 Å². The lowest BCUT2D eigenvalue weighted by Crippen LogP contribution is -2.50. The van der Waals surface area contributed by atoms with E-state index in [1.54, 1.807) is 11.8 Å². The van der Waals surface area contributed by atoms with E-state index in [2.05, 4.69) is 10.6 Å². The Bertz CT molecular complexity index is 501. The van der Waals surface area contributed by atoms with Crippen molar-refractivity contribution in [2.45, 2.75) is 31.9 Å². The van der Waals surface area contributed by atoms with Crippen LogP contribution in [0.25, 0.3) is 0 Å². The second-order valence-electron chi connectivity index (χ2n) is 5.54. The number of hydrogen-bond acceptors (Lipinski definition) is 5. The van der Waals surface area contributed by atoms with Gasteiger partial charge in [0.05, 0.1) is 6.04 Å². The van der Waals surface area contributed by atoms with Crippen LogP contribution in [-0.4, -0.2) is 35.6 Å². The van der Waals surface area contributed by atoms with Gasteiger partial charge in [0.1, 0.15) is 12.0 Å². The summed E-state index contributed by atoms with van der Waals surface area (Å²) in [5.74, 6) is 0.939. The molecule has 5 nitrogen and oxygen atoms in total. The summed E-state index contributed by atoms with van der Waals surface area (Å²) in [4.78, 5) is 24.4. The van der Waals surface area contributed by atoms with Gasteiger partial charge in [0.2, 0.25) is 0 Å². The predicted molar refractivity (Wildman–Crippen MR) is 87.6 cm³/mol. The third-order valence-corrected chi connectivity index (χ3v) is 4.61. The Labute approximate surface area is 135 Å². The SMILES string of the molecule is CC(C)[C@H](NC(=O)OCc1ccccc1)C(=O)[C@@H]1NCCS1. The van der Waals surface area contributed by atoms with Gasteiger partial charge < -0.3 is 10.1 Å². The summed E-state index contributed by atoms with van der Waals surface area (Å²) in [5.41, 5.74) is 0.915. The normalized spacial score (nSPS) is 19.0. The molecule has 2 rings (SSSR count). The maximum atomic E-state index is 12.4. The topological polar surface area (TPSA) is 67.4 Å². The van der Waals surface area contributed by atoms with E-state index in [1.165, 1.54) is 0 Å². The number of Topliss-reactive ketones (excluding diaryl/α,β-unsaturated/α-hetero) is 1. The van der Waals surface area contributed by atoms with Crippen LogP contribution in [0.15, 0.2) is 30.3 Å². The average molecular weight is 322 g/mol. The molecule has 0 spiro atoms. The summed E-state index contributed by atoms with van der Waals surface area (Å²) in [6.07, 6.45) is -0.557. The number of rotatable bonds is 6. The number of carbonyl (C=O) groups excluding carboxylic acids is 2. The first-order valence-electron chi connectivity index (χ1n) is 7.44. The molecule has 1 heterocycles. The Kier molecular flexibility index (Phi) is 6.27. The molecule has 6 heteroatoms. The first kappa shape index (κ1) is 16.8. The second kappa shape index (κ2) is 8.19. The minimum Gasteiger partial charge on any atom is -0.445 e. The van der Waals surface area contributed by atoms with Crippen molar-refractivity contribution in [3.8, 4) is 0 Å². The molecule has 120 valence electrons. The number of hydrogen-bond donors (Lipinski definition) is 2. The summed E-state index contributed by atoms with van der Waals surface area (Å²) in [5, 5.41) is 5.61. The molecule has 1 aliphatic heterocycles. The van der Waals surface area contributed by atoms with E-state index in [1.807, 2.05) is 44.2 Å². The van der Waals surface area contributed by atoms with Crippen molar-refractivity contribution in [2.24, 2.45) is 5.92 Å². The number of alkyl carbamates (subject to hydrolysis) is 1. The van der Waals surface area contributed by atoms with Crippen molar-refractivity contribution >= 4 is 23.6 Å². The van der Waals surface area contributed by atoms with E-state index in [0.717, 1.165) is 17.9 Å². The molecule has 1 amide bonds. The van der Waals surface area contributed by atoms with Gasteiger partial charge in [-0.25, -0.2) is 4.79 Å². The van der Waals surface area contributed by atoms with Gasteiger partial charge in [-0.05, 0) is 11.5 Å². The van der Waals surface area contributed by atoms with E-state index in [-0.39, 0.29) is 23.7 Å². The molecule has 0 aliphatic carbocycles. The highest BCUT2D eigenvalue weighted by Gasteiger charge is 2.32. The molecule has 1 aromatic carbocycles. The third kappa shape index (κ3) is 4.74. The van der Waals surface area contributed by atoms with E-state index in [4.69, 9.17) is 4.74 Å². The van der Waals surface area contributed by atoms with Crippen LogP contribution in [0.3, 0.4) is 0 Å². The fraction of sp³-hybridized carbons (Fsp3) is 0.500. The van der Waals surface area contributed by atoms with Crippen molar-refractivity contribution in [1.29, 1.82) is 0 Å². The van der Waals surface area contributed by atoms with Crippen molar-refractivity contribution < 1.29 is 14.3 Å². The Morgan fingerprint density at radius 2 is 2.09 bits per heavy atom. The van der Waals surface area contributed by atoms with E-state index < -0.39 is 12.1 Å². The zero-order valence-corrected chi connectivity index (χ0v) is 13.7. The van der Waals surface area contributed by atoms with Gasteiger partial charge in [-0.1, -0.05) is 44.2 Å². The lowest BCUT2D eigenvalue weighted by Gasteiger charge is -2.23. The maximum Gasteiger partial charge on any atom is 0.408 e. The van der Waals surface area contributed by atoms with Gasteiger partial charge in [0.15, 0.2) is 5.78 Å². The molecule has 22 heavy (non-hydrogen) atoms. The molecule has 0 radical (unpaired) electrons. The summed E-state index contributed by atoms with van der Waals surface area (Å²) in [6.45, 7) is 4.85. The lowest BCUT2D eigenvalue weighted by atomic mass is 10.00. The molecule has 2 N–H and O–H groups in total. The zero-order chi connectivity index (χ0) is 15.9. The monoisotopic (exact) mass is 322 g/mol. The number of carbonyl (C=O) groups is 2. The third-order valence-electron chi connectivity index (χ3n) is 3.43. The maximum absolute atomic E-state index is 12.4.